The monoisotopic (exact) mass is 1070 g/mol. The van der Waals surface area contributed by atoms with Gasteiger partial charge in [-0.3, -0.25) is 14.4 Å². The topological polar surface area (TPSA) is 78.9 Å². The Morgan fingerprint density at radius 3 is 0.870 bits per heavy atom. The van der Waals surface area contributed by atoms with Gasteiger partial charge in [0.1, 0.15) is 13.2 Å². The van der Waals surface area contributed by atoms with E-state index in [0.717, 1.165) is 109 Å². The normalized spacial score (nSPS) is 12.9. The van der Waals surface area contributed by atoms with Crippen molar-refractivity contribution in [3.63, 3.8) is 0 Å². The van der Waals surface area contributed by atoms with Gasteiger partial charge in [-0.15, -0.1) is 0 Å². The van der Waals surface area contributed by atoms with Crippen LogP contribution >= 0.6 is 0 Å². The molecule has 438 valence electrons. The average molecular weight is 1070 g/mol. The molecule has 0 saturated heterocycles. The van der Waals surface area contributed by atoms with Crippen LogP contribution in [0.15, 0.2) is 122 Å². The fourth-order valence-corrected chi connectivity index (χ4v) is 8.71. The van der Waals surface area contributed by atoms with Crippen LogP contribution in [-0.2, 0) is 28.6 Å². The molecule has 0 saturated carbocycles. The molecule has 0 aromatic rings. The molecule has 1 unspecified atom stereocenters. The summed E-state index contributed by atoms with van der Waals surface area (Å²) in [5.41, 5.74) is 0. The van der Waals surface area contributed by atoms with Crippen molar-refractivity contribution in [3.05, 3.63) is 122 Å². The number of hydrogen-bond acceptors (Lipinski definition) is 6. The summed E-state index contributed by atoms with van der Waals surface area (Å²) in [5.74, 6) is -1.00. The SMILES string of the molecule is CC/C=C\C/C=C\C/C=C\C/C=C\CCCCCCCCC(=O)OC(COC(=O)CC/C=C\C/C=C\C/C=C\C/C=C\CC)COC(=O)CCCCCCCCCCCCCCCCC/C=C\C/C=C\CCCCCCC. The summed E-state index contributed by atoms with van der Waals surface area (Å²) in [7, 11) is 0. The highest BCUT2D eigenvalue weighted by molar-refractivity contribution is 5.71. The van der Waals surface area contributed by atoms with Gasteiger partial charge in [0.05, 0.1) is 0 Å². The molecule has 77 heavy (non-hydrogen) atoms. The number of hydrogen-bond donors (Lipinski definition) is 0. The van der Waals surface area contributed by atoms with Gasteiger partial charge >= 0.3 is 17.9 Å². The number of carbonyl (C=O) groups is 3. The maximum absolute atomic E-state index is 12.9. The highest BCUT2D eigenvalue weighted by Crippen LogP contribution is 2.16. The van der Waals surface area contributed by atoms with E-state index < -0.39 is 6.10 Å². The first-order valence-electron chi connectivity index (χ1n) is 32.0. The maximum Gasteiger partial charge on any atom is 0.306 e. The number of carbonyl (C=O) groups excluding carboxylic acids is 3. The van der Waals surface area contributed by atoms with E-state index in [0.29, 0.717) is 19.3 Å². The van der Waals surface area contributed by atoms with Crippen molar-refractivity contribution in [2.24, 2.45) is 0 Å². The van der Waals surface area contributed by atoms with Crippen molar-refractivity contribution in [2.45, 2.75) is 297 Å². The van der Waals surface area contributed by atoms with Crippen LogP contribution in [0.5, 0.6) is 0 Å². The minimum Gasteiger partial charge on any atom is -0.462 e. The van der Waals surface area contributed by atoms with Crippen LogP contribution in [-0.4, -0.2) is 37.2 Å². The van der Waals surface area contributed by atoms with Crippen molar-refractivity contribution in [1.82, 2.24) is 0 Å². The van der Waals surface area contributed by atoms with Gasteiger partial charge in [0, 0.05) is 19.3 Å². The van der Waals surface area contributed by atoms with Crippen molar-refractivity contribution >= 4 is 17.9 Å². The van der Waals surface area contributed by atoms with Gasteiger partial charge in [0.2, 0.25) is 0 Å². The van der Waals surface area contributed by atoms with E-state index in [1.165, 1.54) is 135 Å². The van der Waals surface area contributed by atoms with Gasteiger partial charge < -0.3 is 14.2 Å². The largest absolute Gasteiger partial charge is 0.462 e. The predicted molar refractivity (Wildman–Crippen MR) is 334 cm³/mol. The quantitative estimate of drug-likeness (QED) is 0.0261. The lowest BCUT2D eigenvalue weighted by molar-refractivity contribution is -0.166. The maximum atomic E-state index is 12.9. The van der Waals surface area contributed by atoms with E-state index in [1.54, 1.807) is 0 Å². The van der Waals surface area contributed by atoms with Gasteiger partial charge in [-0.25, -0.2) is 0 Å². The van der Waals surface area contributed by atoms with Crippen LogP contribution in [0.4, 0.5) is 0 Å². The minimum atomic E-state index is -0.818. The van der Waals surface area contributed by atoms with Crippen LogP contribution in [0.1, 0.15) is 290 Å². The van der Waals surface area contributed by atoms with Crippen molar-refractivity contribution < 1.29 is 28.6 Å². The Kier molecular flexibility index (Phi) is 60.8. The molecule has 0 bridgehead atoms. The van der Waals surface area contributed by atoms with Crippen LogP contribution in [0.3, 0.4) is 0 Å². The Labute approximate surface area is 475 Å². The molecular formula is C71H118O6. The zero-order valence-electron chi connectivity index (χ0n) is 50.2. The molecule has 0 aliphatic carbocycles. The van der Waals surface area contributed by atoms with Crippen molar-refractivity contribution in [1.29, 1.82) is 0 Å². The number of unbranched alkanes of at least 4 members (excludes halogenated alkanes) is 26. The summed E-state index contributed by atoms with van der Waals surface area (Å²) in [6, 6.07) is 0. The summed E-state index contributed by atoms with van der Waals surface area (Å²) < 4.78 is 16.8. The Morgan fingerprint density at radius 2 is 0.532 bits per heavy atom. The lowest BCUT2D eigenvalue weighted by Crippen LogP contribution is -2.30. The molecule has 0 N–H and O–H groups in total. The van der Waals surface area contributed by atoms with E-state index in [1.807, 2.05) is 6.08 Å². The molecule has 0 aliphatic heterocycles. The Morgan fingerprint density at radius 1 is 0.273 bits per heavy atom. The molecule has 6 nitrogen and oxygen atoms in total. The first-order chi connectivity index (χ1) is 38.0. The van der Waals surface area contributed by atoms with Gasteiger partial charge in [-0.05, 0) is 116 Å². The third-order valence-corrected chi connectivity index (χ3v) is 13.4. The van der Waals surface area contributed by atoms with Crippen LogP contribution < -0.4 is 0 Å². The number of rotatable bonds is 57. The third-order valence-electron chi connectivity index (χ3n) is 13.4. The lowest BCUT2D eigenvalue weighted by atomic mass is 10.0. The summed E-state index contributed by atoms with van der Waals surface area (Å²) in [6.45, 7) is 6.34. The van der Waals surface area contributed by atoms with Gasteiger partial charge in [0.15, 0.2) is 6.10 Å². The van der Waals surface area contributed by atoms with Crippen molar-refractivity contribution in [3.8, 4) is 0 Å². The molecule has 0 aromatic heterocycles. The second-order valence-electron chi connectivity index (χ2n) is 20.9. The highest BCUT2D eigenvalue weighted by atomic mass is 16.6. The Balaban J connectivity index is 4.34. The number of ether oxygens (including phenoxy) is 3. The molecule has 0 amide bonds. The van der Waals surface area contributed by atoms with Crippen LogP contribution in [0, 0.1) is 0 Å². The molecule has 0 rings (SSSR count). The van der Waals surface area contributed by atoms with E-state index in [4.69, 9.17) is 14.2 Å². The minimum absolute atomic E-state index is 0.108. The zero-order chi connectivity index (χ0) is 55.7. The fourth-order valence-electron chi connectivity index (χ4n) is 8.71. The second kappa shape index (κ2) is 64.3. The zero-order valence-corrected chi connectivity index (χ0v) is 50.2. The number of allylic oxidation sites excluding steroid dienone is 20. The number of esters is 3. The van der Waals surface area contributed by atoms with Crippen LogP contribution in [0.25, 0.3) is 0 Å². The van der Waals surface area contributed by atoms with Gasteiger partial charge in [-0.1, -0.05) is 277 Å². The molecule has 0 radical (unpaired) electrons. The highest BCUT2D eigenvalue weighted by Gasteiger charge is 2.19. The van der Waals surface area contributed by atoms with E-state index in [-0.39, 0.29) is 37.5 Å². The van der Waals surface area contributed by atoms with Crippen LogP contribution in [0.2, 0.25) is 0 Å². The predicted octanol–water partition coefficient (Wildman–Crippen LogP) is 22.0. The van der Waals surface area contributed by atoms with Gasteiger partial charge in [-0.2, -0.15) is 0 Å². The third kappa shape index (κ3) is 62.5. The molecule has 0 spiro atoms. The second-order valence-corrected chi connectivity index (χ2v) is 20.9. The van der Waals surface area contributed by atoms with E-state index >= 15 is 0 Å². The molecule has 6 heteroatoms. The summed E-state index contributed by atoms with van der Waals surface area (Å²) in [4.78, 5) is 38.2. The fraction of sp³-hybridized carbons (Fsp3) is 0.676. The van der Waals surface area contributed by atoms with Gasteiger partial charge in [0.25, 0.3) is 0 Å². The molecule has 1 atom stereocenters. The molecule has 0 heterocycles. The lowest BCUT2D eigenvalue weighted by Gasteiger charge is -2.18. The smallest absolute Gasteiger partial charge is 0.306 e. The Hall–Kier alpha value is -4.19. The summed E-state index contributed by atoms with van der Waals surface area (Å²) in [6.07, 6.45) is 89.4. The molecule has 0 fully saturated rings. The first-order valence-corrected chi connectivity index (χ1v) is 32.0. The van der Waals surface area contributed by atoms with E-state index in [2.05, 4.69) is 136 Å². The molecular weight excluding hydrogens is 949 g/mol. The molecule has 0 aromatic carbocycles. The summed E-state index contributed by atoms with van der Waals surface area (Å²) >= 11 is 0. The van der Waals surface area contributed by atoms with Crippen molar-refractivity contribution in [2.75, 3.05) is 13.2 Å². The standard InChI is InChI=1S/C71H118O6/c1-4-7-10-13-16-19-22-25-27-29-31-32-33-34-35-36-37-38-40-41-43-46-49-52-55-58-61-64-70(73)76-67-68(66-75-69(72)63-60-57-54-51-48-45-24-21-18-15-12-9-6-3)77-71(74)65-62-59-56-53-50-47-44-42-39-30-28-26-23-20-17-14-11-8-5-2/h8-9,11-12,17-18,20-22,25-26,28-29,31,39,42,45,48,54,57,68H,4-7,10,13-16,19,23-24,27,30,32-38,40-41,43-44,46-47,49-53,55-56,58-67H2,1-3H3/b11-8-,12-9-,20-17-,21-18-,25-22-,28-26-,31-29-,42-39-,48-45-,57-54-. The van der Waals surface area contributed by atoms with E-state index in [9.17, 15) is 14.4 Å². The summed E-state index contributed by atoms with van der Waals surface area (Å²) in [5, 5.41) is 0. The Bertz CT molecular complexity index is 1600. The molecule has 0 aliphatic rings. The average Bonchev–Trinajstić information content (AvgIpc) is 3.43. The first kappa shape index (κ1) is 72.8.